The molecule has 0 aromatic heterocycles. The molecule has 0 bridgehead atoms. The molecular weight excluding hydrogens is 1230 g/mol. The predicted octanol–water partition coefficient (Wildman–Crippen LogP) is -9.62. The number of rotatable bonds is 52. The SMILES string of the molecule is N=C(N)NCCC[C@H](NC(=O)[C@H](CCCNC(=N)N)NC(=O)[C@H](CCCNC(=N)N)NC(=O)[C@H](CCC(N)=O)NC(=O)[C@H](CCCNC(=N)N)NC(=O)[C@H](CCCNC(=N)N)NC(=O)[C@H](CCCCN)NC(=O)[C@H](CCCCN)NC(=O)[C@@H](N)CCCNC(=N)N)C(=O)O. The second-order valence-electron chi connectivity index (χ2n) is 21.9. The second kappa shape index (κ2) is 48.9. The first-order valence-electron chi connectivity index (χ1n) is 31.0. The number of carbonyl (C=O) groups is 10. The second-order valence-corrected chi connectivity index (χ2v) is 21.9. The van der Waals surface area contributed by atoms with Crippen LogP contribution in [0.4, 0.5) is 0 Å². The molecule has 0 aliphatic heterocycles. The third-order valence-electron chi connectivity index (χ3n) is 13.9. The number of hydrogen-bond donors (Lipinski definition) is 31. The summed E-state index contributed by atoms with van der Waals surface area (Å²) in [6.07, 6.45) is 0.585. The van der Waals surface area contributed by atoms with E-state index in [0.29, 0.717) is 32.1 Å². The minimum atomic E-state index is -1.70. The lowest BCUT2D eigenvalue weighted by molar-refractivity contribution is -0.142. The summed E-state index contributed by atoms with van der Waals surface area (Å²) in [4.78, 5) is 138. The van der Waals surface area contributed by atoms with E-state index in [1.165, 1.54) is 0 Å². The van der Waals surface area contributed by atoms with Gasteiger partial charge in [0.05, 0.1) is 6.04 Å². The minimum absolute atomic E-state index is 0.00597. The molecule has 0 rings (SSSR count). The Kier molecular flexibility index (Phi) is 43.8. The van der Waals surface area contributed by atoms with Crippen molar-refractivity contribution in [2.75, 3.05) is 52.4 Å². The molecule has 0 saturated carbocycles. The maximum Gasteiger partial charge on any atom is 0.326 e. The van der Waals surface area contributed by atoms with Crippen LogP contribution in [0.3, 0.4) is 0 Å². The lowest BCUT2D eigenvalue weighted by Crippen LogP contribution is -2.60. The molecule has 0 heterocycles. The highest BCUT2D eigenvalue weighted by atomic mass is 16.4. The van der Waals surface area contributed by atoms with Crippen LogP contribution >= 0.6 is 0 Å². The summed E-state index contributed by atoms with van der Waals surface area (Å²) in [6, 6.07) is -12.9. The Morgan fingerprint density at radius 3 is 0.713 bits per heavy atom. The number of carboxylic acid groups (broad SMARTS) is 1. The minimum Gasteiger partial charge on any atom is -0.480 e. The van der Waals surface area contributed by atoms with Gasteiger partial charge in [-0.25, -0.2) is 4.79 Å². The molecule has 0 unspecified atom stereocenters. The molecule has 41 nitrogen and oxygen atoms in total. The zero-order chi connectivity index (χ0) is 71.1. The van der Waals surface area contributed by atoms with Gasteiger partial charge in [-0.1, -0.05) is 0 Å². The molecule has 41 N–H and O–H groups in total. The summed E-state index contributed by atoms with van der Waals surface area (Å²) in [5.41, 5.74) is 55.7. The fraction of sp³-hybridized carbons (Fsp3) is 0.698. The van der Waals surface area contributed by atoms with Gasteiger partial charge in [-0.05, 0) is 135 Å². The lowest BCUT2D eigenvalue weighted by Gasteiger charge is -2.28. The average molecular weight is 1340 g/mol. The first-order chi connectivity index (χ1) is 44.4. The number of nitrogens with two attached hydrogens (primary N) is 10. The normalized spacial score (nSPS) is 13.6. The molecule has 0 spiro atoms. The first-order valence-corrected chi connectivity index (χ1v) is 31.0. The van der Waals surface area contributed by atoms with E-state index in [9.17, 15) is 53.1 Å². The van der Waals surface area contributed by atoms with Crippen LogP contribution < -0.4 is 132 Å². The Hall–Kier alpha value is -9.80. The van der Waals surface area contributed by atoms with Crippen molar-refractivity contribution in [3.8, 4) is 0 Å². The van der Waals surface area contributed by atoms with Gasteiger partial charge in [-0.3, -0.25) is 75.6 Å². The lowest BCUT2D eigenvalue weighted by atomic mass is 10.0. The summed E-state index contributed by atoms with van der Waals surface area (Å²) >= 11 is 0. The van der Waals surface area contributed by atoms with E-state index in [4.69, 9.17) is 89.8 Å². The fourth-order valence-electron chi connectivity index (χ4n) is 8.92. The number of primary amides is 1. The summed E-state index contributed by atoms with van der Waals surface area (Å²) in [6.45, 7) is 0.870. The number of guanidine groups is 6. The van der Waals surface area contributed by atoms with E-state index in [2.05, 4.69) is 74.4 Å². The largest absolute Gasteiger partial charge is 0.480 e. The molecule has 0 aromatic rings. The molecule has 0 aliphatic rings. The first kappa shape index (κ1) is 84.2. The van der Waals surface area contributed by atoms with Crippen molar-refractivity contribution < 1.29 is 53.1 Å². The van der Waals surface area contributed by atoms with Gasteiger partial charge in [0.2, 0.25) is 53.2 Å². The molecule has 41 heteroatoms. The predicted molar refractivity (Wildman–Crippen MR) is 350 cm³/mol. The molecule has 94 heavy (non-hydrogen) atoms. The van der Waals surface area contributed by atoms with Crippen LogP contribution in [0.2, 0.25) is 0 Å². The number of amides is 9. The number of unbranched alkanes of at least 4 members (excludes halogenated alkanes) is 2. The Labute approximate surface area is 545 Å². The van der Waals surface area contributed by atoms with Crippen LogP contribution in [0.25, 0.3) is 0 Å². The van der Waals surface area contributed by atoms with E-state index in [1.807, 2.05) is 0 Å². The standard InChI is InChI=1S/C53H106N30O11/c54-21-3-1-12-30(76-39(85)29(56)11-5-23-70-48(58)59)40(86)77-31(13-2-4-22-55)41(87)78-32(14-6-24-71-49(60)61)42(88)79-34(16-8-26-73-51(64)65)44(90)82-36(19-20-38(57)84)46(92)81-33(15-7-25-72-50(62)63)43(89)80-35(17-9-27-74-52(66)67)45(91)83-37(47(93)94)18-10-28-75-53(68)69/h29-37H,1-28,54-56H2,(H2,57,84)(H,76,85)(H,77,86)(H,78,87)(H,79,88)(H,80,89)(H,81,92)(H,82,90)(H,83,91)(H,93,94)(H4,58,59,70)(H4,60,61,71)(H4,62,63,72)(H4,64,65,73)(H4,66,67,74)(H4,68,69,75)/t29-,30-,31-,32-,33-,34-,35-,36-,37-/m0/s1. The molecule has 9 amide bonds. The van der Waals surface area contributed by atoms with Gasteiger partial charge >= 0.3 is 5.97 Å². The van der Waals surface area contributed by atoms with E-state index in [0.717, 1.165) is 0 Å². The zero-order valence-corrected chi connectivity index (χ0v) is 53.3. The van der Waals surface area contributed by atoms with Gasteiger partial charge in [-0.15, -0.1) is 0 Å². The number of nitrogens with one attached hydrogen (secondary N) is 20. The molecular formula is C53H106N30O11. The Balaban J connectivity index is 7.40. The Bertz CT molecular complexity index is 2490. The zero-order valence-electron chi connectivity index (χ0n) is 53.3. The summed E-state index contributed by atoms with van der Waals surface area (Å²) in [5, 5.41) is 91.1. The number of hydrogen-bond acceptors (Lipinski definition) is 19. The molecule has 0 fully saturated rings. The van der Waals surface area contributed by atoms with Crippen molar-refractivity contribution in [1.82, 2.24) is 74.4 Å². The van der Waals surface area contributed by atoms with Crippen molar-refractivity contribution in [1.29, 1.82) is 32.5 Å². The third kappa shape index (κ3) is 40.8. The number of carboxylic acids is 1. The van der Waals surface area contributed by atoms with Crippen molar-refractivity contribution >= 4 is 94.9 Å². The number of aliphatic carboxylic acids is 1. The molecule has 534 valence electrons. The molecule has 0 aromatic carbocycles. The van der Waals surface area contributed by atoms with Gasteiger partial charge in [0.15, 0.2) is 35.8 Å². The molecule has 0 saturated heterocycles. The Morgan fingerprint density at radius 1 is 0.287 bits per heavy atom. The monoisotopic (exact) mass is 1340 g/mol. The topological polar surface area (TPSA) is 763 Å². The molecule has 0 radical (unpaired) electrons. The highest BCUT2D eigenvalue weighted by Crippen LogP contribution is 2.12. The van der Waals surface area contributed by atoms with Gasteiger partial charge in [0, 0.05) is 45.7 Å². The summed E-state index contributed by atoms with van der Waals surface area (Å²) in [7, 11) is 0. The van der Waals surface area contributed by atoms with Crippen LogP contribution in [-0.4, -0.2) is 207 Å². The number of carbonyl (C=O) groups excluding carboxylic acids is 9. The van der Waals surface area contributed by atoms with Crippen molar-refractivity contribution in [2.24, 2.45) is 57.3 Å². The van der Waals surface area contributed by atoms with Gasteiger partial charge in [-0.2, -0.15) is 0 Å². The summed E-state index contributed by atoms with van der Waals surface area (Å²) < 4.78 is 0. The highest BCUT2D eigenvalue weighted by molar-refractivity contribution is 5.98. The van der Waals surface area contributed by atoms with Crippen LogP contribution in [0.5, 0.6) is 0 Å². The van der Waals surface area contributed by atoms with E-state index in [1.54, 1.807) is 0 Å². The fourth-order valence-corrected chi connectivity index (χ4v) is 8.92. The Morgan fingerprint density at radius 2 is 0.489 bits per heavy atom. The van der Waals surface area contributed by atoms with Gasteiger partial charge in [0.25, 0.3) is 0 Å². The molecule has 0 aliphatic carbocycles. The van der Waals surface area contributed by atoms with E-state index in [-0.39, 0.29) is 148 Å². The van der Waals surface area contributed by atoms with Crippen molar-refractivity contribution in [2.45, 2.75) is 183 Å². The maximum absolute atomic E-state index is 14.6. The van der Waals surface area contributed by atoms with E-state index >= 15 is 0 Å². The smallest absolute Gasteiger partial charge is 0.326 e. The average Bonchev–Trinajstić information content (AvgIpc) is 1.14. The van der Waals surface area contributed by atoms with Crippen molar-refractivity contribution in [3.63, 3.8) is 0 Å². The molecule has 9 atom stereocenters. The summed E-state index contributed by atoms with van der Waals surface area (Å²) in [5.74, 6) is -12.0. The van der Waals surface area contributed by atoms with Gasteiger partial charge in [0.1, 0.15) is 48.3 Å². The third-order valence-corrected chi connectivity index (χ3v) is 13.9. The maximum atomic E-state index is 14.6. The van der Waals surface area contributed by atoms with E-state index < -0.39 is 150 Å². The van der Waals surface area contributed by atoms with Crippen molar-refractivity contribution in [3.05, 3.63) is 0 Å². The van der Waals surface area contributed by atoms with Crippen LogP contribution in [0.1, 0.15) is 128 Å². The van der Waals surface area contributed by atoms with Crippen LogP contribution in [0.15, 0.2) is 0 Å². The highest BCUT2D eigenvalue weighted by Gasteiger charge is 2.35. The van der Waals surface area contributed by atoms with Crippen LogP contribution in [0, 0.1) is 32.5 Å². The quantitative estimate of drug-likeness (QED) is 0.0153. The van der Waals surface area contributed by atoms with Crippen LogP contribution in [-0.2, 0) is 47.9 Å². The van der Waals surface area contributed by atoms with Gasteiger partial charge < -0.3 is 137 Å².